The van der Waals surface area contributed by atoms with Crippen molar-refractivity contribution in [2.45, 2.75) is 12.8 Å². The molecule has 1 atom stereocenters. The summed E-state index contributed by atoms with van der Waals surface area (Å²) >= 11 is 0. The Morgan fingerprint density at radius 1 is 1.36 bits per heavy atom. The highest BCUT2D eigenvalue weighted by Crippen LogP contribution is 2.31. The monoisotopic (exact) mass is 297 g/mol. The van der Waals surface area contributed by atoms with Crippen molar-refractivity contribution in [3.8, 4) is 0 Å². The van der Waals surface area contributed by atoms with Crippen LogP contribution in [0.25, 0.3) is 21.9 Å². The molecule has 112 valence electrons. The molecule has 1 fully saturated rings. The van der Waals surface area contributed by atoms with Gasteiger partial charge < -0.3 is 15.0 Å². The van der Waals surface area contributed by atoms with Gasteiger partial charge in [0.15, 0.2) is 0 Å². The number of aliphatic carboxylic acids is 1. The lowest BCUT2D eigenvalue weighted by molar-refractivity contribution is -0.141. The summed E-state index contributed by atoms with van der Waals surface area (Å²) < 4.78 is 0. The highest BCUT2D eigenvalue weighted by molar-refractivity contribution is 6.08. The van der Waals surface area contributed by atoms with E-state index < -0.39 is 5.97 Å². The van der Waals surface area contributed by atoms with Crippen molar-refractivity contribution in [1.82, 2.24) is 19.9 Å². The zero-order valence-corrected chi connectivity index (χ0v) is 11.9. The predicted octanol–water partition coefficient (Wildman–Crippen LogP) is 1.81. The third-order valence-electron chi connectivity index (χ3n) is 4.24. The highest BCUT2D eigenvalue weighted by atomic mass is 16.4. The number of anilines is 1. The fraction of sp³-hybridized carbons (Fsp3) is 0.333. The fourth-order valence-electron chi connectivity index (χ4n) is 3.15. The quantitative estimate of drug-likeness (QED) is 0.749. The van der Waals surface area contributed by atoms with E-state index in [4.69, 9.17) is 0 Å². The maximum absolute atomic E-state index is 11.3. The Morgan fingerprint density at radius 2 is 2.27 bits per heavy atom. The summed E-state index contributed by atoms with van der Waals surface area (Å²) in [6.07, 6.45) is 6.64. The van der Waals surface area contributed by atoms with E-state index in [0.717, 1.165) is 47.1 Å². The molecular weight excluding hydrogens is 282 g/mol. The van der Waals surface area contributed by atoms with Gasteiger partial charge in [-0.05, 0) is 18.9 Å². The van der Waals surface area contributed by atoms with Gasteiger partial charge in [-0.15, -0.1) is 0 Å². The molecule has 0 bridgehead atoms. The molecule has 1 unspecified atom stereocenters. The summed E-state index contributed by atoms with van der Waals surface area (Å²) in [6, 6.07) is 1.95. The summed E-state index contributed by atoms with van der Waals surface area (Å²) in [6.45, 7) is 1.29. The van der Waals surface area contributed by atoms with E-state index in [0.29, 0.717) is 6.54 Å². The average molecular weight is 297 g/mol. The van der Waals surface area contributed by atoms with E-state index in [-0.39, 0.29) is 5.92 Å². The Balaban J connectivity index is 1.87. The number of nitrogens with one attached hydrogen (secondary N) is 1. The van der Waals surface area contributed by atoms with Gasteiger partial charge in [-0.3, -0.25) is 4.79 Å². The van der Waals surface area contributed by atoms with Gasteiger partial charge in [0.2, 0.25) is 0 Å². The second kappa shape index (κ2) is 4.94. The lowest BCUT2D eigenvalue weighted by Gasteiger charge is -2.32. The van der Waals surface area contributed by atoms with Crippen LogP contribution >= 0.6 is 0 Å². The molecule has 0 aliphatic carbocycles. The number of H-pyrrole nitrogens is 1. The van der Waals surface area contributed by atoms with E-state index in [1.807, 2.05) is 12.3 Å². The van der Waals surface area contributed by atoms with E-state index >= 15 is 0 Å². The molecule has 0 spiro atoms. The molecule has 3 aromatic heterocycles. The number of piperidine rings is 1. The Labute approximate surface area is 126 Å². The van der Waals surface area contributed by atoms with Crippen LogP contribution in [-0.2, 0) is 4.79 Å². The number of fused-ring (bicyclic) bond motifs is 3. The lowest BCUT2D eigenvalue weighted by Crippen LogP contribution is -2.39. The number of pyridine rings is 1. The molecule has 7 heteroatoms. The van der Waals surface area contributed by atoms with Crippen molar-refractivity contribution in [1.29, 1.82) is 0 Å². The maximum Gasteiger partial charge on any atom is 0.308 e. The molecule has 1 saturated heterocycles. The third-order valence-corrected chi connectivity index (χ3v) is 4.24. The Bertz CT molecular complexity index is 859. The second-order valence-corrected chi connectivity index (χ2v) is 5.58. The van der Waals surface area contributed by atoms with Crippen molar-refractivity contribution in [3.05, 3.63) is 24.8 Å². The largest absolute Gasteiger partial charge is 0.481 e. The van der Waals surface area contributed by atoms with E-state index in [1.165, 1.54) is 6.33 Å². The van der Waals surface area contributed by atoms with E-state index in [9.17, 15) is 9.90 Å². The van der Waals surface area contributed by atoms with Crippen LogP contribution in [0.1, 0.15) is 12.8 Å². The van der Waals surface area contributed by atoms with Crippen molar-refractivity contribution in [3.63, 3.8) is 0 Å². The number of hydrogen-bond donors (Lipinski definition) is 2. The molecule has 7 nitrogen and oxygen atoms in total. The number of carboxylic acids is 1. The zero-order chi connectivity index (χ0) is 15.1. The number of carbonyl (C=O) groups is 1. The third kappa shape index (κ3) is 1.97. The summed E-state index contributed by atoms with van der Waals surface area (Å²) in [7, 11) is 0. The van der Waals surface area contributed by atoms with E-state index in [2.05, 4.69) is 24.8 Å². The van der Waals surface area contributed by atoms with Crippen LogP contribution in [-0.4, -0.2) is 44.1 Å². The topological polar surface area (TPSA) is 95.0 Å². The second-order valence-electron chi connectivity index (χ2n) is 5.58. The van der Waals surface area contributed by atoms with Crippen LogP contribution < -0.4 is 4.90 Å². The number of hydrogen-bond acceptors (Lipinski definition) is 5. The molecule has 3 aromatic rings. The number of aromatic amines is 1. The Morgan fingerprint density at radius 3 is 3.14 bits per heavy atom. The van der Waals surface area contributed by atoms with Crippen LogP contribution in [0.15, 0.2) is 24.8 Å². The summed E-state index contributed by atoms with van der Waals surface area (Å²) in [5.41, 5.74) is 1.56. The number of nitrogens with zero attached hydrogens (tertiary/aromatic N) is 4. The minimum Gasteiger partial charge on any atom is -0.481 e. The van der Waals surface area contributed by atoms with Crippen molar-refractivity contribution >= 4 is 33.7 Å². The Kier molecular flexibility index (Phi) is 2.92. The predicted molar refractivity (Wildman–Crippen MR) is 81.8 cm³/mol. The molecule has 0 amide bonds. The van der Waals surface area contributed by atoms with Crippen molar-refractivity contribution < 1.29 is 9.90 Å². The minimum atomic E-state index is -0.739. The number of rotatable bonds is 2. The van der Waals surface area contributed by atoms with E-state index in [1.54, 1.807) is 6.20 Å². The molecule has 0 radical (unpaired) electrons. The lowest BCUT2D eigenvalue weighted by atomic mass is 9.98. The van der Waals surface area contributed by atoms with Crippen LogP contribution in [0.5, 0.6) is 0 Å². The zero-order valence-electron chi connectivity index (χ0n) is 11.9. The molecule has 1 aliphatic heterocycles. The molecule has 0 aromatic carbocycles. The Hall–Kier alpha value is -2.70. The van der Waals surface area contributed by atoms with Gasteiger partial charge in [0.1, 0.15) is 17.8 Å². The van der Waals surface area contributed by atoms with Crippen LogP contribution in [0, 0.1) is 5.92 Å². The number of aromatic nitrogens is 4. The molecular formula is C15H15N5O2. The van der Waals surface area contributed by atoms with Gasteiger partial charge in [0.25, 0.3) is 0 Å². The van der Waals surface area contributed by atoms with Gasteiger partial charge in [0.05, 0.1) is 23.0 Å². The summed E-state index contributed by atoms with van der Waals surface area (Å²) in [4.78, 5) is 29.5. The van der Waals surface area contributed by atoms with Gasteiger partial charge >= 0.3 is 5.97 Å². The summed E-state index contributed by atoms with van der Waals surface area (Å²) in [5.74, 6) is -0.290. The first-order chi connectivity index (χ1) is 10.7. The fourth-order valence-corrected chi connectivity index (χ4v) is 3.15. The van der Waals surface area contributed by atoms with Gasteiger partial charge in [-0.25, -0.2) is 15.0 Å². The maximum atomic E-state index is 11.3. The molecule has 4 rings (SSSR count). The summed E-state index contributed by atoms with van der Waals surface area (Å²) in [5, 5.41) is 11.2. The molecule has 0 saturated carbocycles. The first-order valence-electron chi connectivity index (χ1n) is 7.28. The average Bonchev–Trinajstić information content (AvgIpc) is 3.03. The van der Waals surface area contributed by atoms with Gasteiger partial charge in [0, 0.05) is 24.7 Å². The van der Waals surface area contributed by atoms with Gasteiger partial charge in [-0.1, -0.05) is 0 Å². The van der Waals surface area contributed by atoms with Crippen LogP contribution in [0.4, 0.5) is 5.82 Å². The standard InChI is InChI=1S/C15H15N5O2/c21-15(22)9-2-1-5-20(7-9)14-12-10-3-4-16-13(10)17-6-11(12)18-8-19-14/h3-4,6,8-9H,1-2,5,7H2,(H,16,17)(H,21,22). The van der Waals surface area contributed by atoms with Crippen molar-refractivity contribution in [2.24, 2.45) is 5.92 Å². The minimum absolute atomic E-state index is 0.345. The SMILES string of the molecule is O=C(O)C1CCCN(c2ncnc3cnc4[nH]ccc4c23)C1. The molecule has 2 N–H and O–H groups in total. The normalized spacial score (nSPS) is 18.9. The number of carboxylic acid groups (broad SMARTS) is 1. The van der Waals surface area contributed by atoms with Gasteiger partial charge in [-0.2, -0.15) is 0 Å². The molecule has 4 heterocycles. The first-order valence-corrected chi connectivity index (χ1v) is 7.28. The van der Waals surface area contributed by atoms with Crippen LogP contribution in [0.3, 0.4) is 0 Å². The molecule has 1 aliphatic rings. The smallest absolute Gasteiger partial charge is 0.308 e. The first kappa shape index (κ1) is 13.0. The highest BCUT2D eigenvalue weighted by Gasteiger charge is 2.27. The van der Waals surface area contributed by atoms with Crippen molar-refractivity contribution in [2.75, 3.05) is 18.0 Å². The van der Waals surface area contributed by atoms with Crippen LogP contribution in [0.2, 0.25) is 0 Å². The molecule has 22 heavy (non-hydrogen) atoms.